The van der Waals surface area contributed by atoms with E-state index >= 15 is 0 Å². The van der Waals surface area contributed by atoms with Gasteiger partial charge >= 0.3 is 0 Å². The number of hydrogen-bond acceptors (Lipinski definition) is 3. The summed E-state index contributed by atoms with van der Waals surface area (Å²) in [6.45, 7) is 0. The van der Waals surface area contributed by atoms with Crippen LogP contribution < -0.4 is 5.73 Å². The highest BCUT2D eigenvalue weighted by Crippen LogP contribution is 2.16. The van der Waals surface area contributed by atoms with Crippen molar-refractivity contribution < 1.29 is 0 Å². The van der Waals surface area contributed by atoms with Gasteiger partial charge in [0.15, 0.2) is 5.17 Å². The molecule has 0 aliphatic rings. The van der Waals surface area contributed by atoms with Gasteiger partial charge in [-0.25, -0.2) is 0 Å². The molecule has 0 bridgehead atoms. The fourth-order valence-corrected chi connectivity index (χ4v) is 1.70. The molecule has 1 aromatic rings. The lowest BCUT2D eigenvalue weighted by atomic mass is 10.1. The maximum Gasteiger partial charge on any atom is 0.151 e. The van der Waals surface area contributed by atoms with Crippen molar-refractivity contribution in [1.29, 1.82) is 10.7 Å². The molecule has 0 saturated heterocycles. The van der Waals surface area contributed by atoms with Gasteiger partial charge in [0.05, 0.1) is 12.5 Å². The van der Waals surface area contributed by atoms with Crippen molar-refractivity contribution in [2.45, 2.75) is 12.2 Å². The second-order valence-electron chi connectivity index (χ2n) is 2.76. The zero-order valence-electron chi connectivity index (χ0n) is 7.66. The second kappa shape index (κ2) is 5.30. The van der Waals surface area contributed by atoms with Gasteiger partial charge in [-0.05, 0) is 11.1 Å². The standard InChI is InChI=1S/C10H11N3S/c11-6-5-8-3-1-2-4-9(8)7-14-10(12)13/h1-4H,5,7H2,(H3,12,13). The van der Waals surface area contributed by atoms with Crippen LogP contribution in [0.4, 0.5) is 0 Å². The van der Waals surface area contributed by atoms with Crippen LogP contribution in [0, 0.1) is 16.7 Å². The molecule has 0 aliphatic carbocycles. The Morgan fingerprint density at radius 3 is 2.64 bits per heavy atom. The van der Waals surface area contributed by atoms with Crippen molar-refractivity contribution in [3.05, 3.63) is 35.4 Å². The van der Waals surface area contributed by atoms with Gasteiger partial charge in [0.25, 0.3) is 0 Å². The third-order valence-corrected chi connectivity index (χ3v) is 2.54. The molecular formula is C10H11N3S. The van der Waals surface area contributed by atoms with Crippen LogP contribution in [0.3, 0.4) is 0 Å². The number of thioether (sulfide) groups is 1. The smallest absolute Gasteiger partial charge is 0.151 e. The van der Waals surface area contributed by atoms with E-state index in [9.17, 15) is 0 Å². The van der Waals surface area contributed by atoms with Gasteiger partial charge in [0.2, 0.25) is 0 Å². The average molecular weight is 205 g/mol. The van der Waals surface area contributed by atoms with E-state index in [1.807, 2.05) is 24.3 Å². The maximum atomic E-state index is 8.60. The highest BCUT2D eigenvalue weighted by atomic mass is 32.2. The Morgan fingerprint density at radius 2 is 2.07 bits per heavy atom. The Morgan fingerprint density at radius 1 is 1.43 bits per heavy atom. The van der Waals surface area contributed by atoms with Crippen molar-refractivity contribution in [3.8, 4) is 6.07 Å². The molecule has 0 radical (unpaired) electrons. The lowest BCUT2D eigenvalue weighted by molar-refractivity contribution is 1.20. The summed E-state index contributed by atoms with van der Waals surface area (Å²) in [7, 11) is 0. The molecule has 1 aromatic carbocycles. The van der Waals surface area contributed by atoms with E-state index in [1.54, 1.807) is 0 Å². The number of nitriles is 1. The van der Waals surface area contributed by atoms with Crippen molar-refractivity contribution in [3.63, 3.8) is 0 Å². The van der Waals surface area contributed by atoms with Gasteiger partial charge in [0, 0.05) is 5.75 Å². The van der Waals surface area contributed by atoms with Crippen LogP contribution >= 0.6 is 11.8 Å². The Bertz CT molecular complexity index is 368. The van der Waals surface area contributed by atoms with E-state index in [0.717, 1.165) is 11.1 Å². The fourth-order valence-electron chi connectivity index (χ4n) is 1.11. The summed E-state index contributed by atoms with van der Waals surface area (Å²) in [5.74, 6) is 0.660. The van der Waals surface area contributed by atoms with E-state index in [2.05, 4.69) is 6.07 Å². The van der Waals surface area contributed by atoms with E-state index in [-0.39, 0.29) is 5.17 Å². The Hall–Kier alpha value is -1.47. The number of rotatable bonds is 3. The lowest BCUT2D eigenvalue weighted by Gasteiger charge is -2.04. The normalized spacial score (nSPS) is 9.36. The third-order valence-electron chi connectivity index (χ3n) is 1.77. The minimum atomic E-state index is 0.108. The zero-order valence-corrected chi connectivity index (χ0v) is 8.47. The third kappa shape index (κ3) is 3.11. The van der Waals surface area contributed by atoms with Crippen LogP contribution in [-0.4, -0.2) is 5.17 Å². The average Bonchev–Trinajstić information content (AvgIpc) is 2.17. The first-order valence-corrected chi connectivity index (χ1v) is 5.13. The summed E-state index contributed by atoms with van der Waals surface area (Å²) < 4.78 is 0. The number of nitrogens with two attached hydrogens (primary N) is 1. The van der Waals surface area contributed by atoms with E-state index in [1.165, 1.54) is 11.8 Å². The quantitative estimate of drug-likeness (QED) is 0.584. The monoisotopic (exact) mass is 205 g/mol. The predicted molar refractivity (Wildman–Crippen MR) is 59.0 cm³/mol. The summed E-state index contributed by atoms with van der Waals surface area (Å²) in [5, 5.41) is 15.8. The highest BCUT2D eigenvalue weighted by Gasteiger charge is 2.01. The van der Waals surface area contributed by atoms with Gasteiger partial charge in [-0.2, -0.15) is 5.26 Å². The van der Waals surface area contributed by atoms with Crippen molar-refractivity contribution in [2.24, 2.45) is 5.73 Å². The molecule has 3 nitrogen and oxygen atoms in total. The first kappa shape index (κ1) is 10.6. The first-order valence-electron chi connectivity index (χ1n) is 4.14. The summed E-state index contributed by atoms with van der Waals surface area (Å²) in [5.41, 5.74) is 7.34. The van der Waals surface area contributed by atoms with Crippen molar-refractivity contribution in [1.82, 2.24) is 0 Å². The first-order chi connectivity index (χ1) is 6.74. The molecule has 0 saturated carbocycles. The summed E-state index contributed by atoms with van der Waals surface area (Å²) >= 11 is 1.28. The highest BCUT2D eigenvalue weighted by molar-refractivity contribution is 8.13. The van der Waals surface area contributed by atoms with Crippen LogP contribution in [0.15, 0.2) is 24.3 Å². The number of benzene rings is 1. The van der Waals surface area contributed by atoms with E-state index < -0.39 is 0 Å². The van der Waals surface area contributed by atoms with Gasteiger partial charge in [-0.15, -0.1) is 0 Å². The summed E-state index contributed by atoms with van der Waals surface area (Å²) in [4.78, 5) is 0. The van der Waals surface area contributed by atoms with Gasteiger partial charge in [0.1, 0.15) is 0 Å². The van der Waals surface area contributed by atoms with Crippen LogP contribution in [0.2, 0.25) is 0 Å². The molecule has 0 fully saturated rings. The zero-order chi connectivity index (χ0) is 10.4. The fraction of sp³-hybridized carbons (Fsp3) is 0.200. The van der Waals surface area contributed by atoms with Crippen molar-refractivity contribution in [2.75, 3.05) is 0 Å². The van der Waals surface area contributed by atoms with Crippen LogP contribution in [0.25, 0.3) is 0 Å². The molecule has 0 spiro atoms. The van der Waals surface area contributed by atoms with E-state index in [0.29, 0.717) is 12.2 Å². The molecule has 4 heteroatoms. The molecule has 0 atom stereocenters. The Kier molecular flexibility index (Phi) is 4.02. The van der Waals surface area contributed by atoms with Gasteiger partial charge in [-0.3, -0.25) is 5.41 Å². The molecular weight excluding hydrogens is 194 g/mol. The van der Waals surface area contributed by atoms with Crippen LogP contribution in [0.5, 0.6) is 0 Å². The Balaban J connectivity index is 2.74. The topological polar surface area (TPSA) is 73.7 Å². The number of nitrogens with zero attached hydrogens (tertiary/aromatic N) is 1. The molecule has 1 rings (SSSR count). The molecule has 0 aliphatic heterocycles. The molecule has 0 unspecified atom stereocenters. The Labute approximate surface area is 87.4 Å². The largest absolute Gasteiger partial charge is 0.379 e. The van der Waals surface area contributed by atoms with Crippen molar-refractivity contribution >= 4 is 16.9 Å². The van der Waals surface area contributed by atoms with E-state index in [4.69, 9.17) is 16.4 Å². The van der Waals surface area contributed by atoms with Gasteiger partial charge in [-0.1, -0.05) is 36.0 Å². The molecule has 72 valence electrons. The van der Waals surface area contributed by atoms with Crippen LogP contribution in [0.1, 0.15) is 11.1 Å². The maximum absolute atomic E-state index is 8.60. The molecule has 0 aromatic heterocycles. The molecule has 3 N–H and O–H groups in total. The summed E-state index contributed by atoms with van der Waals surface area (Å²) in [6.07, 6.45) is 0.411. The minimum absolute atomic E-state index is 0.108. The molecule has 14 heavy (non-hydrogen) atoms. The van der Waals surface area contributed by atoms with Gasteiger partial charge < -0.3 is 5.73 Å². The SMILES string of the molecule is N#CCc1ccccc1CSC(=N)N. The lowest BCUT2D eigenvalue weighted by Crippen LogP contribution is -2.04. The van der Waals surface area contributed by atoms with Crippen LogP contribution in [-0.2, 0) is 12.2 Å². The predicted octanol–water partition coefficient (Wildman–Crippen LogP) is 1.88. The molecule has 0 amide bonds. The number of hydrogen-bond donors (Lipinski definition) is 2. The second-order valence-corrected chi connectivity index (χ2v) is 3.77. The summed E-state index contributed by atoms with van der Waals surface area (Å²) in [6, 6.07) is 9.85. The molecule has 0 heterocycles. The number of amidine groups is 1. The number of nitrogens with one attached hydrogen (secondary N) is 1. The minimum Gasteiger partial charge on any atom is -0.379 e.